The van der Waals surface area contributed by atoms with Gasteiger partial charge in [-0.05, 0) is 96.2 Å². The lowest BCUT2D eigenvalue weighted by Gasteiger charge is -2.71. The highest BCUT2D eigenvalue weighted by Gasteiger charge is 2.73. The van der Waals surface area contributed by atoms with E-state index in [2.05, 4.69) is 86.9 Å². The molecule has 3 N–H and O–H groups in total. The Balaban J connectivity index is 1.40. The monoisotopic (exact) mass is 746 g/mol. The van der Waals surface area contributed by atoms with Gasteiger partial charge in [-0.25, -0.2) is 9.67 Å². The lowest BCUT2D eigenvalue weighted by Crippen LogP contribution is -2.70. The maximum Gasteiger partial charge on any atom is 0.307 e. The number of carboxylic acids is 1. The molecule has 0 spiro atoms. The molecule has 7 rings (SSSR count). The van der Waals surface area contributed by atoms with Gasteiger partial charge in [0.15, 0.2) is 18.2 Å². The minimum absolute atomic E-state index is 0.161. The zero-order valence-electron chi connectivity index (χ0n) is 34.8. The van der Waals surface area contributed by atoms with E-state index in [1.807, 2.05) is 0 Å². The minimum Gasteiger partial charge on any atom is -0.619 e. The number of rotatable bonds is 8. The summed E-state index contributed by atoms with van der Waals surface area (Å²) in [7, 11) is 0. The molecule has 12 atom stereocenters. The molecule has 1 aliphatic heterocycles. The largest absolute Gasteiger partial charge is 0.619 e. The fourth-order valence-electron chi connectivity index (χ4n) is 12.8. The van der Waals surface area contributed by atoms with Crippen molar-refractivity contribution in [3.05, 3.63) is 47.7 Å². The summed E-state index contributed by atoms with van der Waals surface area (Å²) in [6.45, 7) is 26.3. The number of nitrogens with two attached hydrogens (primary N) is 1. The highest BCUT2D eigenvalue weighted by molar-refractivity contribution is 5.73. The number of hydrogen-bond acceptors (Lipinski definition) is 7. The van der Waals surface area contributed by atoms with E-state index in [1.165, 1.54) is 18.0 Å². The van der Waals surface area contributed by atoms with Crippen LogP contribution in [0.15, 0.2) is 42.5 Å². The maximum atomic E-state index is 13.6. The maximum absolute atomic E-state index is 13.6. The Hall–Kier alpha value is -2.82. The summed E-state index contributed by atoms with van der Waals surface area (Å²) in [6.07, 6.45) is 12.2. The third-order valence-electron chi connectivity index (χ3n) is 17.2. The van der Waals surface area contributed by atoms with Crippen LogP contribution in [0.1, 0.15) is 121 Å². The molecule has 10 heteroatoms. The molecule has 5 aliphatic rings. The number of aromatic nitrogens is 4. The lowest BCUT2D eigenvalue weighted by atomic mass is 9.34. The molecule has 3 heterocycles. The molecule has 298 valence electrons. The standard InChI is InChI=1S/C44H67N5O5/c1-27(2)28(3)40(8)18-19-41(9)30-12-13-33-39(7)22-32(49-36(46-26-47-49)29-15-20-48(52)21-16-29)35(54-24-43(11,45)38(4,5)6)44(33,25-53-23-39)31(30)14-17-42(41,10)34(40)37(50)51/h14-16,20-21,26-28,30,32-35H,12-13,17-19,22-25,45H2,1-11H3,(H,50,51)/t28-,30+,32-,33-,34-,35+,39-,40-,41-,42+,43+,44+/m1/s1. The van der Waals surface area contributed by atoms with Gasteiger partial charge in [-0.1, -0.05) is 80.9 Å². The smallest absolute Gasteiger partial charge is 0.307 e. The van der Waals surface area contributed by atoms with E-state index in [4.69, 9.17) is 25.3 Å². The fraction of sp³-hybridized carbons (Fsp3) is 0.773. The van der Waals surface area contributed by atoms with Crippen molar-refractivity contribution in [2.24, 2.45) is 67.8 Å². The molecule has 3 saturated carbocycles. The molecule has 0 unspecified atom stereocenters. The Morgan fingerprint density at radius 3 is 2.41 bits per heavy atom. The number of carboxylic acid groups (broad SMARTS) is 1. The van der Waals surface area contributed by atoms with E-state index < -0.39 is 28.3 Å². The van der Waals surface area contributed by atoms with Crippen molar-refractivity contribution in [3.8, 4) is 11.4 Å². The van der Waals surface area contributed by atoms with Crippen molar-refractivity contribution in [3.63, 3.8) is 0 Å². The number of ether oxygens (including phenoxy) is 2. The molecule has 2 aromatic heterocycles. The SMILES string of the molecule is CC(C)[C@@H](C)[C@@]1(C)CC[C@]2(C)[C@H]3CC[C@@H]4[C@@]5(C)COC[C@@]4(C3=CC[C@@]2(C)[C@@H]1C(=O)O)[C@@H](OC[C@](C)(N)C(C)(C)C)[C@H](n1ncnc1-c1cc[n+]([O-])cc1)C5. The van der Waals surface area contributed by atoms with Gasteiger partial charge < -0.3 is 25.5 Å². The molecular formula is C44H67N5O5. The third-order valence-corrected chi connectivity index (χ3v) is 17.2. The van der Waals surface area contributed by atoms with Gasteiger partial charge in [0.05, 0.1) is 37.9 Å². The second-order valence-electron chi connectivity index (χ2n) is 21.0. The predicted octanol–water partition coefficient (Wildman–Crippen LogP) is 7.86. The van der Waals surface area contributed by atoms with Gasteiger partial charge in [0.25, 0.3) is 0 Å². The van der Waals surface area contributed by atoms with E-state index in [0.717, 1.165) is 42.4 Å². The van der Waals surface area contributed by atoms with Crippen LogP contribution in [0.5, 0.6) is 0 Å². The first-order valence-electron chi connectivity index (χ1n) is 20.6. The summed E-state index contributed by atoms with van der Waals surface area (Å²) >= 11 is 0. The van der Waals surface area contributed by atoms with Crippen LogP contribution in [0.25, 0.3) is 11.4 Å². The Morgan fingerprint density at radius 2 is 1.78 bits per heavy atom. The van der Waals surface area contributed by atoms with Crippen LogP contribution in [0, 0.1) is 67.3 Å². The van der Waals surface area contributed by atoms with Crippen molar-refractivity contribution < 1.29 is 24.1 Å². The van der Waals surface area contributed by atoms with Gasteiger partial charge in [-0.2, -0.15) is 9.83 Å². The fourth-order valence-corrected chi connectivity index (χ4v) is 12.8. The van der Waals surface area contributed by atoms with Gasteiger partial charge in [-0.3, -0.25) is 4.79 Å². The summed E-state index contributed by atoms with van der Waals surface area (Å²) in [6, 6.07) is 3.41. The van der Waals surface area contributed by atoms with Gasteiger partial charge >= 0.3 is 5.97 Å². The van der Waals surface area contributed by atoms with E-state index in [9.17, 15) is 15.1 Å². The second-order valence-corrected chi connectivity index (χ2v) is 21.0. The minimum atomic E-state index is -0.652. The molecule has 10 nitrogen and oxygen atoms in total. The van der Waals surface area contributed by atoms with Crippen LogP contribution in [-0.2, 0) is 14.3 Å². The zero-order valence-corrected chi connectivity index (χ0v) is 34.8. The molecule has 0 amide bonds. The molecule has 1 saturated heterocycles. The molecule has 2 aromatic rings. The summed E-state index contributed by atoms with van der Waals surface area (Å²) in [4.78, 5) is 18.4. The molecule has 4 fully saturated rings. The van der Waals surface area contributed by atoms with Gasteiger partial charge in [0.2, 0.25) is 0 Å². The number of aliphatic carboxylic acids is 1. The molecule has 0 aromatic carbocycles. The van der Waals surface area contributed by atoms with E-state index in [-0.39, 0.29) is 45.6 Å². The average molecular weight is 746 g/mol. The first-order chi connectivity index (χ1) is 25.1. The second kappa shape index (κ2) is 12.9. The quantitative estimate of drug-likeness (QED) is 0.158. The highest BCUT2D eigenvalue weighted by atomic mass is 16.5. The van der Waals surface area contributed by atoms with E-state index in [1.54, 1.807) is 18.5 Å². The van der Waals surface area contributed by atoms with Crippen molar-refractivity contribution >= 4 is 5.97 Å². The number of allylic oxidation sites excluding steroid dienone is 1. The number of pyridine rings is 1. The first kappa shape index (κ1) is 39.4. The number of hydrogen-bond donors (Lipinski definition) is 2. The van der Waals surface area contributed by atoms with Crippen molar-refractivity contribution in [2.75, 3.05) is 19.8 Å². The van der Waals surface area contributed by atoms with Crippen molar-refractivity contribution in [1.82, 2.24) is 14.8 Å². The van der Waals surface area contributed by atoms with E-state index >= 15 is 0 Å². The predicted molar refractivity (Wildman–Crippen MR) is 209 cm³/mol. The Morgan fingerprint density at radius 1 is 1.09 bits per heavy atom. The summed E-state index contributed by atoms with van der Waals surface area (Å²) < 4.78 is 17.1. The average Bonchev–Trinajstić information content (AvgIpc) is 3.57. The van der Waals surface area contributed by atoms with Crippen molar-refractivity contribution in [2.45, 2.75) is 132 Å². The van der Waals surface area contributed by atoms with Crippen LogP contribution in [0.4, 0.5) is 0 Å². The number of carbonyl (C=O) groups is 1. The van der Waals surface area contributed by atoms with Gasteiger partial charge in [-0.15, -0.1) is 0 Å². The van der Waals surface area contributed by atoms with Gasteiger partial charge in [0, 0.05) is 28.7 Å². The first-order valence-corrected chi connectivity index (χ1v) is 20.6. The van der Waals surface area contributed by atoms with Gasteiger partial charge in [0.1, 0.15) is 6.33 Å². The molecular weight excluding hydrogens is 679 g/mol. The Bertz CT molecular complexity index is 1780. The van der Waals surface area contributed by atoms with Crippen molar-refractivity contribution in [1.29, 1.82) is 0 Å². The Labute approximate surface area is 323 Å². The zero-order chi connectivity index (χ0) is 39.4. The number of fused-ring (bicyclic) bond motifs is 3. The normalized spacial score (nSPS) is 40.8. The van der Waals surface area contributed by atoms with Crippen LogP contribution < -0.4 is 10.5 Å². The lowest BCUT2D eigenvalue weighted by molar-refractivity contribution is -0.605. The molecule has 54 heavy (non-hydrogen) atoms. The van der Waals surface area contributed by atoms with E-state index in [0.29, 0.717) is 43.9 Å². The van der Waals surface area contributed by atoms with Crippen LogP contribution in [0.2, 0.25) is 0 Å². The topological polar surface area (TPSA) is 139 Å². The molecule has 4 aliphatic carbocycles. The van der Waals surface area contributed by atoms with Crippen LogP contribution in [-0.4, -0.2) is 57.3 Å². The summed E-state index contributed by atoms with van der Waals surface area (Å²) in [5, 5.41) is 28.2. The summed E-state index contributed by atoms with van der Waals surface area (Å²) in [5.74, 6) is 0.754. The Kier molecular flexibility index (Phi) is 9.38. The summed E-state index contributed by atoms with van der Waals surface area (Å²) in [5.41, 5.74) is 6.90. The number of nitrogens with zero attached hydrogens (tertiary/aromatic N) is 4. The van der Waals surface area contributed by atoms with Crippen LogP contribution in [0.3, 0.4) is 0 Å². The molecule has 2 bridgehead atoms. The third kappa shape index (κ3) is 5.49. The molecule has 0 radical (unpaired) electrons. The highest BCUT2D eigenvalue weighted by Crippen LogP contribution is 2.75. The van der Waals surface area contributed by atoms with Crippen LogP contribution >= 0.6 is 0 Å².